The van der Waals surface area contributed by atoms with Gasteiger partial charge in [-0.05, 0) is 49.4 Å². The first-order valence-corrected chi connectivity index (χ1v) is 10.5. The maximum atomic E-state index is 13.3. The van der Waals surface area contributed by atoms with Crippen molar-refractivity contribution in [3.8, 4) is 0 Å². The predicted octanol–water partition coefficient (Wildman–Crippen LogP) is 4.63. The van der Waals surface area contributed by atoms with Crippen LogP contribution < -0.4 is 0 Å². The highest BCUT2D eigenvalue weighted by molar-refractivity contribution is 7.91. The smallest absolute Gasteiger partial charge is 0.185 e. The summed E-state index contributed by atoms with van der Waals surface area (Å²) < 4.78 is 26.7. The summed E-state index contributed by atoms with van der Waals surface area (Å²) in [5.74, 6) is 0. The number of aryl methyl sites for hydroxylation is 2. The van der Waals surface area contributed by atoms with Crippen LogP contribution >= 0.6 is 0 Å². The summed E-state index contributed by atoms with van der Waals surface area (Å²) >= 11 is 0. The fourth-order valence-corrected chi connectivity index (χ4v) is 5.04. The van der Waals surface area contributed by atoms with E-state index in [4.69, 9.17) is 5.11 Å². The van der Waals surface area contributed by atoms with Crippen LogP contribution in [-0.2, 0) is 16.3 Å². The van der Waals surface area contributed by atoms with E-state index in [1.165, 1.54) is 0 Å². The summed E-state index contributed by atoms with van der Waals surface area (Å²) in [6.07, 6.45) is 3.73. The normalized spacial score (nSPS) is 12.9. The predicted molar refractivity (Wildman–Crippen MR) is 102 cm³/mol. The number of aliphatic hydroxyl groups excluding tert-OH is 1. The average molecular weight is 361 g/mol. The maximum Gasteiger partial charge on any atom is 0.185 e. The van der Waals surface area contributed by atoms with Crippen LogP contribution in [0, 0.1) is 6.92 Å². The quantitative estimate of drug-likeness (QED) is 0.664. The van der Waals surface area contributed by atoms with Gasteiger partial charge >= 0.3 is 0 Å². The minimum Gasteiger partial charge on any atom is -0.396 e. The van der Waals surface area contributed by atoms with E-state index in [-0.39, 0.29) is 6.61 Å². The standard InChI is InChI=1S/C21H28O3S/c1-3-18-9-6-7-10-20(18)21(11-5-4-8-16-22)25(23,24)19-14-12-17(2)13-15-19/h6-7,9-10,12-15,21-22H,3-5,8,11,16H2,1-2H3. The topological polar surface area (TPSA) is 54.4 Å². The van der Waals surface area contributed by atoms with Crippen LogP contribution in [0.3, 0.4) is 0 Å². The SMILES string of the molecule is CCc1ccccc1C(CCCCCO)S(=O)(=O)c1ccc(C)cc1. The molecule has 2 aromatic carbocycles. The number of hydrogen-bond acceptors (Lipinski definition) is 3. The van der Waals surface area contributed by atoms with E-state index in [2.05, 4.69) is 6.92 Å². The van der Waals surface area contributed by atoms with E-state index in [1.807, 2.05) is 43.3 Å². The molecule has 0 aliphatic rings. The number of benzene rings is 2. The number of rotatable bonds is 9. The second-order valence-electron chi connectivity index (χ2n) is 6.47. The van der Waals surface area contributed by atoms with Gasteiger partial charge in [-0.3, -0.25) is 0 Å². The second-order valence-corrected chi connectivity index (χ2v) is 8.60. The molecule has 0 spiro atoms. The van der Waals surface area contributed by atoms with Crippen molar-refractivity contribution in [1.29, 1.82) is 0 Å². The highest BCUT2D eigenvalue weighted by Crippen LogP contribution is 2.35. The summed E-state index contributed by atoms with van der Waals surface area (Å²) in [6, 6.07) is 15.0. The summed E-state index contributed by atoms with van der Waals surface area (Å²) in [4.78, 5) is 0.385. The Hall–Kier alpha value is -1.65. The van der Waals surface area contributed by atoms with Crippen LogP contribution in [0.25, 0.3) is 0 Å². The summed E-state index contributed by atoms with van der Waals surface area (Å²) in [5.41, 5.74) is 3.05. The molecule has 0 heterocycles. The molecule has 0 bridgehead atoms. The van der Waals surface area contributed by atoms with Crippen LogP contribution in [0.15, 0.2) is 53.4 Å². The lowest BCUT2D eigenvalue weighted by molar-refractivity contribution is 0.282. The van der Waals surface area contributed by atoms with Gasteiger partial charge in [-0.2, -0.15) is 0 Å². The molecule has 0 fully saturated rings. The fraction of sp³-hybridized carbons (Fsp3) is 0.429. The molecular weight excluding hydrogens is 332 g/mol. The second kappa shape index (κ2) is 9.16. The molecule has 0 aliphatic carbocycles. The molecule has 1 N–H and O–H groups in total. The van der Waals surface area contributed by atoms with E-state index in [9.17, 15) is 8.42 Å². The van der Waals surface area contributed by atoms with Crippen molar-refractivity contribution < 1.29 is 13.5 Å². The maximum absolute atomic E-state index is 13.3. The molecular formula is C21H28O3S. The van der Waals surface area contributed by atoms with Gasteiger partial charge in [0.05, 0.1) is 10.1 Å². The molecule has 0 saturated carbocycles. The summed E-state index contributed by atoms with van der Waals surface area (Å²) in [7, 11) is -3.45. The van der Waals surface area contributed by atoms with Crippen LogP contribution in [0.5, 0.6) is 0 Å². The lowest BCUT2D eigenvalue weighted by Gasteiger charge is -2.21. The van der Waals surface area contributed by atoms with Gasteiger partial charge in [0.15, 0.2) is 9.84 Å². The Balaban J connectivity index is 2.41. The molecule has 3 nitrogen and oxygen atoms in total. The van der Waals surface area contributed by atoms with Gasteiger partial charge in [-0.15, -0.1) is 0 Å². The number of hydrogen-bond donors (Lipinski definition) is 1. The van der Waals surface area contributed by atoms with Gasteiger partial charge in [-0.1, -0.05) is 61.7 Å². The van der Waals surface area contributed by atoms with E-state index in [0.717, 1.165) is 36.0 Å². The fourth-order valence-electron chi connectivity index (χ4n) is 3.16. The zero-order chi connectivity index (χ0) is 18.3. The minimum absolute atomic E-state index is 0.154. The van der Waals surface area contributed by atoms with E-state index >= 15 is 0 Å². The molecule has 0 saturated heterocycles. The largest absolute Gasteiger partial charge is 0.396 e. The number of sulfone groups is 1. The van der Waals surface area contributed by atoms with Crippen LogP contribution in [0.1, 0.15) is 54.5 Å². The highest BCUT2D eigenvalue weighted by Gasteiger charge is 2.30. The van der Waals surface area contributed by atoms with E-state index in [0.29, 0.717) is 17.7 Å². The molecule has 2 rings (SSSR count). The monoisotopic (exact) mass is 360 g/mol. The molecule has 0 radical (unpaired) electrons. The van der Waals surface area contributed by atoms with Crippen LogP contribution in [0.2, 0.25) is 0 Å². The Morgan fingerprint density at radius 3 is 2.28 bits per heavy atom. The van der Waals surface area contributed by atoms with Gasteiger partial charge in [0.1, 0.15) is 0 Å². The summed E-state index contributed by atoms with van der Waals surface area (Å²) in [5, 5.41) is 8.44. The van der Waals surface area contributed by atoms with Crippen molar-refractivity contribution in [1.82, 2.24) is 0 Å². The first-order chi connectivity index (χ1) is 12.0. The first-order valence-electron chi connectivity index (χ1n) is 9.00. The van der Waals surface area contributed by atoms with Crippen LogP contribution in [-0.4, -0.2) is 20.1 Å². The Labute approximate surface area is 151 Å². The van der Waals surface area contributed by atoms with E-state index < -0.39 is 15.1 Å². The first kappa shape index (κ1) is 19.7. The highest BCUT2D eigenvalue weighted by atomic mass is 32.2. The van der Waals surface area contributed by atoms with Crippen molar-refractivity contribution in [3.05, 3.63) is 65.2 Å². The molecule has 4 heteroatoms. The molecule has 25 heavy (non-hydrogen) atoms. The van der Waals surface area contributed by atoms with Crippen molar-refractivity contribution in [3.63, 3.8) is 0 Å². The van der Waals surface area contributed by atoms with E-state index in [1.54, 1.807) is 12.1 Å². The Morgan fingerprint density at radius 2 is 1.64 bits per heavy atom. The Kier molecular flexibility index (Phi) is 7.21. The van der Waals surface area contributed by atoms with Crippen molar-refractivity contribution in [2.24, 2.45) is 0 Å². The van der Waals surface area contributed by atoms with Crippen molar-refractivity contribution in [2.45, 2.75) is 56.1 Å². The van der Waals surface area contributed by atoms with Gasteiger partial charge in [0.2, 0.25) is 0 Å². The molecule has 0 aliphatic heterocycles. The Morgan fingerprint density at radius 1 is 0.960 bits per heavy atom. The average Bonchev–Trinajstić information content (AvgIpc) is 2.62. The lowest BCUT2D eigenvalue weighted by atomic mass is 9.99. The van der Waals surface area contributed by atoms with Crippen LogP contribution in [0.4, 0.5) is 0 Å². The zero-order valence-electron chi connectivity index (χ0n) is 15.1. The van der Waals surface area contributed by atoms with Gasteiger partial charge < -0.3 is 5.11 Å². The molecule has 1 atom stereocenters. The lowest BCUT2D eigenvalue weighted by Crippen LogP contribution is -2.16. The Bertz CT molecular complexity index is 764. The van der Waals surface area contributed by atoms with Crippen molar-refractivity contribution in [2.75, 3.05) is 6.61 Å². The van der Waals surface area contributed by atoms with Crippen molar-refractivity contribution >= 4 is 9.84 Å². The van der Waals surface area contributed by atoms with Gasteiger partial charge in [-0.25, -0.2) is 8.42 Å². The van der Waals surface area contributed by atoms with Gasteiger partial charge in [0.25, 0.3) is 0 Å². The van der Waals surface area contributed by atoms with Gasteiger partial charge in [0, 0.05) is 6.61 Å². The number of unbranched alkanes of at least 4 members (excludes halogenated alkanes) is 2. The molecule has 2 aromatic rings. The summed E-state index contributed by atoms with van der Waals surface area (Å²) in [6.45, 7) is 4.16. The third-order valence-electron chi connectivity index (χ3n) is 4.63. The number of aliphatic hydroxyl groups is 1. The third kappa shape index (κ3) is 4.93. The third-order valence-corrected chi connectivity index (χ3v) is 6.80. The molecule has 1 unspecified atom stereocenters. The minimum atomic E-state index is -3.45. The molecule has 0 amide bonds. The molecule has 136 valence electrons. The zero-order valence-corrected chi connectivity index (χ0v) is 15.9. The molecule has 0 aromatic heterocycles.